The number of pyridine rings is 1. The summed E-state index contributed by atoms with van der Waals surface area (Å²) in [4.78, 5) is 34.1. The van der Waals surface area contributed by atoms with E-state index in [-0.39, 0.29) is 16.6 Å². The van der Waals surface area contributed by atoms with Crippen molar-refractivity contribution in [2.45, 2.75) is 38.0 Å². The monoisotopic (exact) mass is 540 g/mol. The summed E-state index contributed by atoms with van der Waals surface area (Å²) in [5.74, 6) is 0.354. The molecule has 37 heavy (non-hydrogen) atoms. The van der Waals surface area contributed by atoms with Crippen LogP contribution in [0.25, 0.3) is 0 Å². The lowest BCUT2D eigenvalue weighted by Crippen LogP contribution is -2.35. The molecule has 1 aliphatic heterocycles. The number of aliphatic hydroxyl groups is 1. The van der Waals surface area contributed by atoms with Gasteiger partial charge < -0.3 is 19.8 Å². The van der Waals surface area contributed by atoms with Gasteiger partial charge in [0.1, 0.15) is 11.0 Å². The Bertz CT molecular complexity index is 1100. The van der Waals surface area contributed by atoms with E-state index in [9.17, 15) is 27.9 Å². The Labute approximate surface area is 219 Å². The Morgan fingerprint density at radius 3 is 2.43 bits per heavy atom. The van der Waals surface area contributed by atoms with E-state index >= 15 is 0 Å². The summed E-state index contributed by atoms with van der Waals surface area (Å²) in [6.45, 7) is 1.98. The van der Waals surface area contributed by atoms with Gasteiger partial charge in [-0.1, -0.05) is 23.7 Å². The lowest BCUT2D eigenvalue weighted by molar-refractivity contribution is -0.140. The van der Waals surface area contributed by atoms with Crippen LogP contribution in [0.1, 0.15) is 53.3 Å². The van der Waals surface area contributed by atoms with Gasteiger partial charge in [0.2, 0.25) is 0 Å². The maximum absolute atomic E-state index is 12.9. The zero-order valence-electron chi connectivity index (χ0n) is 21.1. The number of nitrogens with zero attached hydrogens (tertiary/aromatic N) is 4. The Morgan fingerprint density at radius 1 is 1.16 bits per heavy atom. The van der Waals surface area contributed by atoms with E-state index in [0.29, 0.717) is 24.4 Å². The molecule has 3 rings (SSSR count). The quantitative estimate of drug-likeness (QED) is 0.494. The Balaban J connectivity index is 1.45. The zero-order chi connectivity index (χ0) is 27.3. The largest absolute Gasteiger partial charge is 0.416 e. The summed E-state index contributed by atoms with van der Waals surface area (Å²) >= 11 is 6.24. The molecule has 0 radical (unpaired) electrons. The van der Waals surface area contributed by atoms with Crippen molar-refractivity contribution in [3.05, 3.63) is 58.2 Å². The number of carbonyl (C=O) groups excluding carboxylic acids is 2. The van der Waals surface area contributed by atoms with Gasteiger partial charge in [-0.15, -0.1) is 0 Å². The molecule has 0 saturated carbocycles. The first kappa shape index (κ1) is 28.7. The third-order valence-electron chi connectivity index (χ3n) is 6.65. The number of piperidine rings is 1. The molecular weight excluding hydrogens is 509 g/mol. The minimum atomic E-state index is -4.54. The molecule has 0 aliphatic carbocycles. The Kier molecular flexibility index (Phi) is 9.41. The maximum atomic E-state index is 12.9. The molecule has 1 saturated heterocycles. The van der Waals surface area contributed by atoms with Crippen molar-refractivity contribution in [1.29, 1.82) is 0 Å². The second-order valence-corrected chi connectivity index (χ2v) is 9.92. The number of halogens is 4. The highest BCUT2D eigenvalue weighted by Gasteiger charge is 2.32. The van der Waals surface area contributed by atoms with E-state index in [1.54, 1.807) is 33.3 Å². The van der Waals surface area contributed by atoms with Gasteiger partial charge in [0.15, 0.2) is 6.10 Å². The second-order valence-electron chi connectivity index (χ2n) is 9.57. The minimum Gasteiger partial charge on any atom is -0.378 e. The highest BCUT2D eigenvalue weighted by atomic mass is 35.5. The molecule has 2 aromatic rings. The van der Waals surface area contributed by atoms with Crippen molar-refractivity contribution in [2.24, 2.45) is 5.92 Å². The number of hydrogen-bond acceptors (Lipinski definition) is 5. The number of benzene rings is 1. The van der Waals surface area contributed by atoms with Gasteiger partial charge in [-0.2, -0.15) is 13.2 Å². The molecule has 1 aromatic heterocycles. The van der Waals surface area contributed by atoms with Crippen molar-refractivity contribution in [3.63, 3.8) is 0 Å². The highest BCUT2D eigenvalue weighted by molar-refractivity contribution is 6.32. The summed E-state index contributed by atoms with van der Waals surface area (Å²) in [5.41, 5.74) is -0.615. The van der Waals surface area contributed by atoms with Gasteiger partial charge in [-0.25, -0.2) is 4.98 Å². The number of carbonyl (C=O) groups is 2. The van der Waals surface area contributed by atoms with Crippen LogP contribution in [0.2, 0.25) is 5.15 Å². The van der Waals surface area contributed by atoms with E-state index in [1.807, 2.05) is 0 Å². The van der Waals surface area contributed by atoms with Gasteiger partial charge >= 0.3 is 6.18 Å². The van der Waals surface area contributed by atoms with Gasteiger partial charge in [-0.3, -0.25) is 9.59 Å². The van der Waals surface area contributed by atoms with Crippen LogP contribution in [0.4, 0.5) is 19.0 Å². The van der Waals surface area contributed by atoms with Gasteiger partial charge in [-0.05, 0) is 61.4 Å². The van der Waals surface area contributed by atoms with E-state index in [2.05, 4.69) is 9.88 Å². The minimum absolute atomic E-state index is 0.0770. The van der Waals surface area contributed by atoms with Crippen LogP contribution in [0.5, 0.6) is 0 Å². The molecule has 1 aromatic carbocycles. The van der Waals surface area contributed by atoms with Crippen molar-refractivity contribution < 1.29 is 27.9 Å². The van der Waals surface area contributed by atoms with Crippen molar-refractivity contribution in [3.8, 4) is 0 Å². The first-order valence-electron chi connectivity index (χ1n) is 12.1. The predicted molar refractivity (Wildman–Crippen MR) is 135 cm³/mol. The fourth-order valence-corrected chi connectivity index (χ4v) is 4.65. The maximum Gasteiger partial charge on any atom is 0.416 e. The number of aliphatic hydroxyl groups excluding tert-OH is 1. The molecule has 1 N–H and O–H groups in total. The number of likely N-dealkylation sites (N-methyl/N-ethyl adjacent to an activating group) is 1. The normalized spacial score (nSPS) is 15.4. The molecule has 2 heterocycles. The van der Waals surface area contributed by atoms with E-state index in [4.69, 9.17) is 11.6 Å². The lowest BCUT2D eigenvalue weighted by Gasteiger charge is -2.33. The zero-order valence-corrected chi connectivity index (χ0v) is 21.9. The van der Waals surface area contributed by atoms with E-state index in [0.717, 1.165) is 50.3 Å². The first-order valence-corrected chi connectivity index (χ1v) is 12.5. The number of alkyl halides is 3. The second kappa shape index (κ2) is 12.1. The van der Waals surface area contributed by atoms with Gasteiger partial charge in [0.05, 0.1) is 11.1 Å². The SMILES string of the molecule is CN(C)C(=O)c1ccc(N2CCC(CCCN(C)C(=O)C(O)c3cccc(C(F)(F)F)c3)CC2)nc1Cl. The molecule has 1 atom stereocenters. The van der Waals surface area contributed by atoms with Crippen molar-refractivity contribution in [1.82, 2.24) is 14.8 Å². The fourth-order valence-electron chi connectivity index (χ4n) is 4.42. The van der Waals surface area contributed by atoms with Crippen LogP contribution < -0.4 is 4.90 Å². The molecule has 1 unspecified atom stereocenters. The summed E-state index contributed by atoms with van der Waals surface area (Å²) in [5, 5.41) is 10.5. The predicted octanol–water partition coefficient (Wildman–Crippen LogP) is 4.64. The van der Waals surface area contributed by atoms with Crippen molar-refractivity contribution in [2.75, 3.05) is 45.7 Å². The molecular formula is C26H32ClF3N4O3. The summed E-state index contributed by atoms with van der Waals surface area (Å²) in [6.07, 6.45) is -2.72. The molecule has 0 spiro atoms. The lowest BCUT2D eigenvalue weighted by atomic mass is 9.92. The Morgan fingerprint density at radius 2 is 1.84 bits per heavy atom. The van der Waals surface area contributed by atoms with Gasteiger partial charge in [0, 0.05) is 40.8 Å². The highest BCUT2D eigenvalue weighted by Crippen LogP contribution is 2.31. The van der Waals surface area contributed by atoms with E-state index < -0.39 is 23.8 Å². The number of aromatic nitrogens is 1. The molecule has 11 heteroatoms. The van der Waals surface area contributed by atoms with Gasteiger partial charge in [0.25, 0.3) is 11.8 Å². The Hall–Kier alpha value is -2.85. The third-order valence-corrected chi connectivity index (χ3v) is 6.94. The average Bonchev–Trinajstić information content (AvgIpc) is 2.87. The van der Waals surface area contributed by atoms with Crippen LogP contribution in [0.15, 0.2) is 36.4 Å². The molecule has 2 amide bonds. The topological polar surface area (TPSA) is 77.0 Å². The van der Waals surface area contributed by atoms with Crippen LogP contribution in [0.3, 0.4) is 0 Å². The average molecular weight is 541 g/mol. The number of rotatable bonds is 8. The number of amides is 2. The smallest absolute Gasteiger partial charge is 0.378 e. The molecule has 1 fully saturated rings. The van der Waals surface area contributed by atoms with Crippen LogP contribution in [-0.4, -0.2) is 72.5 Å². The summed E-state index contributed by atoms with van der Waals surface area (Å²) in [6, 6.07) is 7.71. The van der Waals surface area contributed by atoms with Crippen LogP contribution in [-0.2, 0) is 11.0 Å². The van der Waals surface area contributed by atoms with Crippen LogP contribution >= 0.6 is 11.6 Å². The molecule has 7 nitrogen and oxygen atoms in total. The third kappa shape index (κ3) is 7.35. The number of hydrogen-bond donors (Lipinski definition) is 1. The van der Waals surface area contributed by atoms with Crippen LogP contribution in [0, 0.1) is 5.92 Å². The molecule has 1 aliphatic rings. The first-order chi connectivity index (χ1) is 17.4. The van der Waals surface area contributed by atoms with Crippen molar-refractivity contribution >= 4 is 29.2 Å². The molecule has 202 valence electrons. The fraction of sp³-hybridized carbons (Fsp3) is 0.500. The summed E-state index contributed by atoms with van der Waals surface area (Å²) < 4.78 is 38.8. The standard InChI is InChI=1S/C26H32ClF3N4O3/c1-32(2)24(36)20-9-10-21(31-23(20)27)34-14-11-17(12-15-34)6-5-13-33(3)25(37)22(35)18-7-4-8-19(16-18)26(28,29)30/h4,7-10,16-17,22,35H,5-6,11-15H2,1-3H3. The summed E-state index contributed by atoms with van der Waals surface area (Å²) in [7, 11) is 4.86. The van der Waals surface area contributed by atoms with E-state index in [1.165, 1.54) is 21.9 Å². The molecule has 0 bridgehead atoms. The number of anilines is 1.